The molecule has 0 spiro atoms. The van der Waals surface area contributed by atoms with Crippen LogP contribution in [0.4, 0.5) is 18.9 Å². The van der Waals surface area contributed by atoms with Gasteiger partial charge in [0.05, 0.1) is 27.4 Å². The Balaban J connectivity index is 2.15. The zero-order chi connectivity index (χ0) is 22.5. The fourth-order valence-corrected chi connectivity index (χ4v) is 3.05. The Morgan fingerprint density at radius 3 is 2.53 bits per heavy atom. The number of alkyl halides is 3. The number of benzene rings is 2. The van der Waals surface area contributed by atoms with Crippen molar-refractivity contribution >= 4 is 35.0 Å². The van der Waals surface area contributed by atoms with Crippen molar-refractivity contribution in [1.82, 2.24) is 0 Å². The van der Waals surface area contributed by atoms with Crippen molar-refractivity contribution in [2.75, 3.05) is 12.4 Å². The number of ether oxygens (including phenoxy) is 2. The van der Waals surface area contributed by atoms with Crippen LogP contribution in [0.5, 0.6) is 17.2 Å². The van der Waals surface area contributed by atoms with Gasteiger partial charge >= 0.3 is 17.8 Å². The highest BCUT2D eigenvalue weighted by atomic mass is 35.5. The number of thioether (sulfide) groups is 1. The first kappa shape index (κ1) is 23.6. The molecule has 1 atom stereocenters. The summed E-state index contributed by atoms with van der Waals surface area (Å²) in [5, 5.41) is 19.1. The van der Waals surface area contributed by atoms with E-state index in [0.29, 0.717) is 6.07 Å². The maximum Gasteiger partial charge on any atom is 0.416 e. The van der Waals surface area contributed by atoms with Crippen molar-refractivity contribution in [3.8, 4) is 17.2 Å². The number of rotatable bonds is 9. The Morgan fingerprint density at radius 2 is 1.97 bits per heavy atom. The topological polar surface area (TPSA) is 98.9 Å². The first-order chi connectivity index (χ1) is 14.0. The van der Waals surface area contributed by atoms with E-state index in [9.17, 15) is 28.1 Å². The molecule has 162 valence electrons. The van der Waals surface area contributed by atoms with Gasteiger partial charge in [0.1, 0.15) is 11.5 Å². The van der Waals surface area contributed by atoms with E-state index in [1.165, 1.54) is 19.1 Å². The summed E-state index contributed by atoms with van der Waals surface area (Å²) in [6.45, 7) is 1.49. The minimum atomic E-state index is -4.56. The fraction of sp³-hybridized carbons (Fsp3) is 0.278. The number of carbonyl (C=O) groups is 1. The molecule has 0 saturated heterocycles. The minimum Gasteiger partial charge on any atom is -0.486 e. The molecular formula is C18H15ClF3NO6S. The molecule has 0 radical (unpaired) electrons. The molecule has 7 nitrogen and oxygen atoms in total. The molecule has 0 aromatic heterocycles. The van der Waals surface area contributed by atoms with Crippen molar-refractivity contribution < 1.29 is 37.5 Å². The number of nitro benzene ring substituents is 1. The number of carboxylic acids is 1. The van der Waals surface area contributed by atoms with E-state index in [1.807, 2.05) is 0 Å². The maximum atomic E-state index is 12.7. The van der Waals surface area contributed by atoms with Crippen LogP contribution in [0.25, 0.3) is 0 Å². The first-order valence-corrected chi connectivity index (χ1v) is 9.72. The summed E-state index contributed by atoms with van der Waals surface area (Å²) in [5.41, 5.74) is -1.29. The molecular weight excluding hydrogens is 451 g/mol. The van der Waals surface area contributed by atoms with Gasteiger partial charge in [0.15, 0.2) is 0 Å². The van der Waals surface area contributed by atoms with Gasteiger partial charge in [-0.15, -0.1) is 11.8 Å². The molecule has 0 heterocycles. The average molecular weight is 466 g/mol. The van der Waals surface area contributed by atoms with E-state index in [2.05, 4.69) is 0 Å². The van der Waals surface area contributed by atoms with Crippen LogP contribution < -0.4 is 9.47 Å². The highest BCUT2D eigenvalue weighted by Crippen LogP contribution is 2.38. The van der Waals surface area contributed by atoms with E-state index in [1.54, 1.807) is 0 Å². The van der Waals surface area contributed by atoms with Gasteiger partial charge in [0, 0.05) is 17.9 Å². The molecule has 30 heavy (non-hydrogen) atoms. The third-order valence-corrected chi connectivity index (χ3v) is 5.07. The van der Waals surface area contributed by atoms with Crippen LogP contribution in [0, 0.1) is 10.1 Å². The van der Waals surface area contributed by atoms with Crippen LogP contribution >= 0.6 is 23.4 Å². The lowest BCUT2D eigenvalue weighted by Crippen LogP contribution is -2.14. The highest BCUT2D eigenvalue weighted by molar-refractivity contribution is 8.00. The molecule has 2 rings (SSSR count). The van der Waals surface area contributed by atoms with Gasteiger partial charge in [0.2, 0.25) is 5.75 Å². The van der Waals surface area contributed by atoms with E-state index in [4.69, 9.17) is 26.2 Å². The minimum absolute atomic E-state index is 0.00633. The highest BCUT2D eigenvalue weighted by Gasteiger charge is 2.31. The number of aliphatic carboxylic acids is 1. The van der Waals surface area contributed by atoms with Gasteiger partial charge in [-0.2, -0.15) is 13.2 Å². The number of nitro groups is 1. The molecule has 1 N–H and O–H groups in total. The fourth-order valence-electron chi connectivity index (χ4n) is 2.16. The molecule has 0 aliphatic rings. The summed E-state index contributed by atoms with van der Waals surface area (Å²) in [4.78, 5) is 21.3. The summed E-state index contributed by atoms with van der Waals surface area (Å²) in [7, 11) is 0. The summed E-state index contributed by atoms with van der Waals surface area (Å²) < 4.78 is 49.0. The van der Waals surface area contributed by atoms with E-state index in [-0.39, 0.29) is 40.3 Å². The van der Waals surface area contributed by atoms with Crippen LogP contribution in [0.15, 0.2) is 36.4 Å². The zero-order valence-corrected chi connectivity index (χ0v) is 16.9. The van der Waals surface area contributed by atoms with Crippen molar-refractivity contribution in [1.29, 1.82) is 0 Å². The van der Waals surface area contributed by atoms with Crippen molar-refractivity contribution in [2.45, 2.75) is 18.3 Å². The summed E-state index contributed by atoms with van der Waals surface area (Å²) in [6.07, 6.45) is -4.56. The van der Waals surface area contributed by atoms with Crippen LogP contribution in [0.1, 0.15) is 12.5 Å². The molecule has 0 bridgehead atoms. The Labute approximate surface area is 177 Å². The molecule has 0 amide bonds. The standard InChI is InChI=1S/C18H15ClF3NO6S/c1-10(17(24)25)30-7-6-28-16-9-12(3-4-14(16)23(26)27)29-15-5-2-11(8-13(15)19)18(20,21)22/h2-5,8-10H,6-7H2,1H3,(H,24,25). The van der Waals surface area contributed by atoms with Crippen LogP contribution in [-0.4, -0.2) is 33.6 Å². The second-order valence-corrected chi connectivity index (χ2v) is 7.69. The summed E-state index contributed by atoms with van der Waals surface area (Å²) in [5.74, 6) is -0.876. The number of hydrogen-bond acceptors (Lipinski definition) is 6. The maximum absolute atomic E-state index is 12.7. The third kappa shape index (κ3) is 6.42. The molecule has 0 aliphatic carbocycles. The van der Waals surface area contributed by atoms with Gasteiger partial charge in [-0.25, -0.2) is 0 Å². The molecule has 0 saturated carbocycles. The Hall–Kier alpha value is -2.66. The molecule has 2 aromatic carbocycles. The quantitative estimate of drug-likeness (QED) is 0.290. The van der Waals surface area contributed by atoms with Crippen molar-refractivity contribution in [2.24, 2.45) is 0 Å². The monoisotopic (exact) mass is 465 g/mol. The zero-order valence-electron chi connectivity index (χ0n) is 15.3. The largest absolute Gasteiger partial charge is 0.486 e. The van der Waals surface area contributed by atoms with Crippen LogP contribution in [-0.2, 0) is 11.0 Å². The lowest BCUT2D eigenvalue weighted by molar-refractivity contribution is -0.385. The van der Waals surface area contributed by atoms with Gasteiger partial charge in [-0.3, -0.25) is 14.9 Å². The van der Waals surface area contributed by atoms with E-state index >= 15 is 0 Å². The lowest BCUT2D eigenvalue weighted by Gasteiger charge is -2.13. The van der Waals surface area contributed by atoms with Crippen molar-refractivity contribution in [3.63, 3.8) is 0 Å². The predicted octanol–water partition coefficient (Wildman–Crippen LogP) is 5.64. The lowest BCUT2D eigenvalue weighted by atomic mass is 10.2. The third-order valence-electron chi connectivity index (χ3n) is 3.67. The molecule has 1 unspecified atom stereocenters. The average Bonchev–Trinajstić information content (AvgIpc) is 2.65. The smallest absolute Gasteiger partial charge is 0.416 e. The van der Waals surface area contributed by atoms with Gasteiger partial charge in [-0.1, -0.05) is 11.6 Å². The number of hydrogen-bond donors (Lipinski definition) is 1. The second-order valence-electron chi connectivity index (χ2n) is 5.83. The molecule has 12 heteroatoms. The predicted molar refractivity (Wildman–Crippen MR) is 105 cm³/mol. The Morgan fingerprint density at radius 1 is 1.27 bits per heavy atom. The van der Waals surface area contributed by atoms with Gasteiger partial charge in [-0.05, 0) is 31.2 Å². The summed E-state index contributed by atoms with van der Waals surface area (Å²) in [6, 6.07) is 6.12. The van der Waals surface area contributed by atoms with Crippen LogP contribution in [0.3, 0.4) is 0 Å². The second kappa shape index (κ2) is 9.90. The first-order valence-electron chi connectivity index (χ1n) is 8.29. The Bertz CT molecular complexity index is 941. The molecule has 2 aromatic rings. The van der Waals surface area contributed by atoms with Gasteiger partial charge in [0.25, 0.3) is 0 Å². The van der Waals surface area contributed by atoms with Crippen LogP contribution in [0.2, 0.25) is 5.02 Å². The van der Waals surface area contributed by atoms with Gasteiger partial charge < -0.3 is 14.6 Å². The van der Waals surface area contributed by atoms with E-state index < -0.39 is 27.9 Å². The number of nitrogens with zero attached hydrogens (tertiary/aromatic N) is 1. The molecule has 0 aliphatic heterocycles. The summed E-state index contributed by atoms with van der Waals surface area (Å²) >= 11 is 6.94. The SMILES string of the molecule is CC(SCCOc1cc(Oc2ccc(C(F)(F)F)cc2Cl)ccc1[N+](=O)[O-])C(=O)O. The molecule has 0 fully saturated rings. The number of halogens is 4. The Kier molecular flexibility index (Phi) is 7.79. The van der Waals surface area contributed by atoms with E-state index in [0.717, 1.165) is 30.0 Å². The normalized spacial score (nSPS) is 12.3. The number of carboxylic acid groups (broad SMARTS) is 1. The van der Waals surface area contributed by atoms with Crippen molar-refractivity contribution in [3.05, 3.63) is 57.1 Å².